The Labute approximate surface area is 148 Å². The van der Waals surface area contributed by atoms with Gasteiger partial charge in [0.1, 0.15) is 11.4 Å². The number of benzene rings is 2. The number of imide groups is 1. The van der Waals surface area contributed by atoms with E-state index in [1.165, 1.54) is 25.1 Å². The van der Waals surface area contributed by atoms with Gasteiger partial charge in [0.15, 0.2) is 0 Å². The van der Waals surface area contributed by atoms with Gasteiger partial charge in [0.05, 0.1) is 16.2 Å². The lowest BCUT2D eigenvalue weighted by atomic mass is 10.0. The highest BCUT2D eigenvalue weighted by Crippen LogP contribution is 2.40. The van der Waals surface area contributed by atoms with Crippen molar-refractivity contribution in [1.29, 1.82) is 0 Å². The highest BCUT2D eigenvalue weighted by Gasteiger charge is 2.37. The Morgan fingerprint density at radius 2 is 1.92 bits per heavy atom. The molecular formula is C18H15N3O5. The molecule has 1 aliphatic rings. The number of carbonyl (C=O) groups is 2. The van der Waals surface area contributed by atoms with Crippen molar-refractivity contribution < 1.29 is 19.6 Å². The van der Waals surface area contributed by atoms with E-state index in [1.807, 2.05) is 0 Å². The molecule has 1 aliphatic heterocycles. The van der Waals surface area contributed by atoms with Crippen molar-refractivity contribution in [2.45, 2.75) is 6.92 Å². The summed E-state index contributed by atoms with van der Waals surface area (Å²) in [4.78, 5) is 36.2. The molecule has 2 amide bonds. The number of aliphatic hydroxyl groups excluding tert-OH is 1. The summed E-state index contributed by atoms with van der Waals surface area (Å²) in [6.07, 6.45) is 0. The van der Waals surface area contributed by atoms with E-state index in [9.17, 15) is 24.8 Å². The molecule has 0 atom stereocenters. The van der Waals surface area contributed by atoms with Crippen molar-refractivity contribution in [3.63, 3.8) is 0 Å². The van der Waals surface area contributed by atoms with Crippen LogP contribution in [0, 0.1) is 10.1 Å². The van der Waals surface area contributed by atoms with Crippen LogP contribution in [0.5, 0.6) is 0 Å². The third-order valence-corrected chi connectivity index (χ3v) is 4.12. The first-order valence-electron chi connectivity index (χ1n) is 7.71. The summed E-state index contributed by atoms with van der Waals surface area (Å²) >= 11 is 0. The molecule has 0 saturated carbocycles. The van der Waals surface area contributed by atoms with Crippen LogP contribution >= 0.6 is 0 Å². The Morgan fingerprint density at radius 3 is 2.54 bits per heavy atom. The van der Waals surface area contributed by atoms with Crippen molar-refractivity contribution in [1.82, 2.24) is 0 Å². The molecule has 1 heterocycles. The van der Waals surface area contributed by atoms with E-state index in [4.69, 9.17) is 0 Å². The highest BCUT2D eigenvalue weighted by molar-refractivity contribution is 6.42. The summed E-state index contributed by atoms with van der Waals surface area (Å²) in [6, 6.07) is 10.6. The van der Waals surface area contributed by atoms with E-state index in [0.717, 1.165) is 4.90 Å². The second-order valence-electron chi connectivity index (χ2n) is 5.64. The van der Waals surface area contributed by atoms with Gasteiger partial charge in [-0.15, -0.1) is 0 Å². The zero-order chi connectivity index (χ0) is 19.0. The number of para-hydroxylation sites is 1. The molecule has 2 aromatic carbocycles. The lowest BCUT2D eigenvalue weighted by Gasteiger charge is -2.11. The topological polar surface area (TPSA) is 113 Å². The van der Waals surface area contributed by atoms with Crippen LogP contribution in [0.4, 0.5) is 17.1 Å². The van der Waals surface area contributed by atoms with Gasteiger partial charge in [-0.2, -0.15) is 0 Å². The summed E-state index contributed by atoms with van der Waals surface area (Å²) in [6.45, 7) is 1.25. The molecule has 0 unspecified atom stereocenters. The second kappa shape index (κ2) is 6.32. The van der Waals surface area contributed by atoms with E-state index in [1.54, 1.807) is 31.3 Å². The first kappa shape index (κ1) is 17.2. The average Bonchev–Trinajstić information content (AvgIpc) is 2.92. The smallest absolute Gasteiger partial charge is 0.293 e. The summed E-state index contributed by atoms with van der Waals surface area (Å²) in [5.41, 5.74) is 0.847. The largest absolute Gasteiger partial charge is 0.506 e. The van der Waals surface area contributed by atoms with Gasteiger partial charge in [-0.05, 0) is 18.2 Å². The molecule has 0 aromatic heterocycles. The lowest BCUT2D eigenvalue weighted by Crippen LogP contribution is -2.31. The van der Waals surface area contributed by atoms with Gasteiger partial charge in [-0.25, -0.2) is 4.90 Å². The van der Waals surface area contributed by atoms with Crippen LogP contribution in [-0.4, -0.2) is 28.9 Å². The van der Waals surface area contributed by atoms with Crippen LogP contribution in [0.15, 0.2) is 42.5 Å². The third kappa shape index (κ3) is 2.57. The van der Waals surface area contributed by atoms with E-state index in [2.05, 4.69) is 5.32 Å². The van der Waals surface area contributed by atoms with E-state index in [-0.39, 0.29) is 22.5 Å². The number of aliphatic hydroxyl groups is 1. The normalized spacial score (nSPS) is 14.8. The predicted octanol–water partition coefficient (Wildman–Crippen LogP) is 2.96. The number of nitro groups is 1. The fourth-order valence-corrected chi connectivity index (χ4v) is 2.94. The quantitative estimate of drug-likeness (QED) is 0.380. The Hall–Kier alpha value is -3.68. The molecule has 0 radical (unpaired) electrons. The number of anilines is 2. The molecule has 0 bridgehead atoms. The average molecular weight is 353 g/mol. The molecular weight excluding hydrogens is 338 g/mol. The second-order valence-corrected chi connectivity index (χ2v) is 5.64. The van der Waals surface area contributed by atoms with Gasteiger partial charge in [0, 0.05) is 31.2 Å². The van der Waals surface area contributed by atoms with E-state index >= 15 is 0 Å². The van der Waals surface area contributed by atoms with Crippen LogP contribution in [0.3, 0.4) is 0 Å². The van der Waals surface area contributed by atoms with Crippen LogP contribution in [0.1, 0.15) is 18.1 Å². The molecule has 0 saturated heterocycles. The SMILES string of the molecule is CNc1ccc(C(O)=C2C(=O)N(C(C)=O)c3ccccc32)cc1[N+](=O)[O-]. The van der Waals surface area contributed by atoms with E-state index in [0.29, 0.717) is 11.3 Å². The summed E-state index contributed by atoms with van der Waals surface area (Å²) < 4.78 is 0. The molecule has 0 aliphatic carbocycles. The maximum Gasteiger partial charge on any atom is 0.293 e. The molecule has 0 fully saturated rings. The number of nitrogens with zero attached hydrogens (tertiary/aromatic N) is 2. The Kier molecular flexibility index (Phi) is 4.17. The monoisotopic (exact) mass is 353 g/mol. The van der Waals surface area contributed by atoms with Crippen LogP contribution in [0.2, 0.25) is 0 Å². The summed E-state index contributed by atoms with van der Waals surface area (Å²) in [5, 5.41) is 24.6. The minimum Gasteiger partial charge on any atom is -0.506 e. The van der Waals surface area contributed by atoms with Crippen molar-refractivity contribution in [3.05, 3.63) is 63.7 Å². The maximum atomic E-state index is 12.7. The third-order valence-electron chi connectivity index (χ3n) is 4.12. The van der Waals surface area contributed by atoms with E-state index < -0.39 is 22.5 Å². The van der Waals surface area contributed by atoms with Crippen molar-refractivity contribution in [2.75, 3.05) is 17.3 Å². The van der Waals surface area contributed by atoms with Crippen molar-refractivity contribution in [3.8, 4) is 0 Å². The number of nitrogens with one attached hydrogen (secondary N) is 1. The lowest BCUT2D eigenvalue weighted by molar-refractivity contribution is -0.384. The molecule has 3 rings (SSSR count). The fraction of sp³-hybridized carbons (Fsp3) is 0.111. The number of hydrogen-bond acceptors (Lipinski definition) is 6. The molecule has 26 heavy (non-hydrogen) atoms. The molecule has 2 aromatic rings. The first-order valence-corrected chi connectivity index (χ1v) is 7.71. The standard InChI is InChI=1S/C18H15N3O5/c1-10(22)20-14-6-4-3-5-12(14)16(18(20)24)17(23)11-7-8-13(19-2)15(9-11)21(25)26/h3-9,19,23H,1-2H3. The molecule has 132 valence electrons. The number of nitro benzene ring substituents is 1. The fourth-order valence-electron chi connectivity index (χ4n) is 2.94. The van der Waals surface area contributed by atoms with Gasteiger partial charge < -0.3 is 10.4 Å². The zero-order valence-corrected chi connectivity index (χ0v) is 14.0. The van der Waals surface area contributed by atoms with Crippen LogP contribution < -0.4 is 10.2 Å². The maximum absolute atomic E-state index is 12.7. The Balaban J connectivity index is 2.22. The number of carbonyl (C=O) groups excluding carboxylic acids is 2. The number of amides is 2. The molecule has 2 N–H and O–H groups in total. The van der Waals surface area contributed by atoms with Gasteiger partial charge in [0.2, 0.25) is 5.91 Å². The van der Waals surface area contributed by atoms with Gasteiger partial charge in [-0.1, -0.05) is 18.2 Å². The van der Waals surface area contributed by atoms with Crippen molar-refractivity contribution >= 4 is 40.2 Å². The zero-order valence-electron chi connectivity index (χ0n) is 14.0. The predicted molar refractivity (Wildman–Crippen MR) is 96.7 cm³/mol. The minimum absolute atomic E-state index is 0.0673. The molecule has 0 spiro atoms. The number of rotatable bonds is 3. The van der Waals surface area contributed by atoms with Gasteiger partial charge in [0.25, 0.3) is 11.6 Å². The van der Waals surface area contributed by atoms with Crippen LogP contribution in [0.25, 0.3) is 11.3 Å². The highest BCUT2D eigenvalue weighted by atomic mass is 16.6. The summed E-state index contributed by atoms with van der Waals surface area (Å²) in [5.74, 6) is -1.57. The molecule has 8 nitrogen and oxygen atoms in total. The molecule has 8 heteroatoms. The minimum atomic E-state index is -0.670. The number of fused-ring (bicyclic) bond motifs is 1. The number of hydrogen-bond donors (Lipinski definition) is 2. The summed E-state index contributed by atoms with van der Waals surface area (Å²) in [7, 11) is 1.54. The Morgan fingerprint density at radius 1 is 1.23 bits per heavy atom. The van der Waals surface area contributed by atoms with Gasteiger partial charge >= 0.3 is 0 Å². The first-order chi connectivity index (χ1) is 12.4. The van der Waals surface area contributed by atoms with Gasteiger partial charge in [-0.3, -0.25) is 19.7 Å². The Bertz CT molecular complexity index is 981. The van der Waals surface area contributed by atoms with Crippen LogP contribution in [-0.2, 0) is 9.59 Å². The van der Waals surface area contributed by atoms with Crippen molar-refractivity contribution in [2.24, 2.45) is 0 Å².